The van der Waals surface area contributed by atoms with E-state index in [-0.39, 0.29) is 106 Å². The molecule has 39 heteroatoms. The summed E-state index contributed by atoms with van der Waals surface area (Å²) in [5.41, 5.74) is 3.09. The Morgan fingerprint density at radius 3 is 2.25 bits per heavy atom. The molecule has 8 aromatic rings. The van der Waals surface area contributed by atoms with Gasteiger partial charge in [0.1, 0.15) is 126 Å². The number of aromatic hydroxyl groups is 1. The number of cyclic esters (lactones) is 2. The number of fused-ring (bicyclic) bond motifs is 15. The number of nitrogens with two attached hydrogens (primary N) is 1. The largest absolute Gasteiger partial charge is 0.506 e. The average molecular weight is 1580 g/mol. The van der Waals surface area contributed by atoms with Gasteiger partial charge in [0.15, 0.2) is 18.1 Å². The Morgan fingerprint density at radius 2 is 1.53 bits per heavy atom. The Morgan fingerprint density at radius 1 is 0.852 bits per heavy atom. The van der Waals surface area contributed by atoms with Crippen LogP contribution in [-0.2, 0) is 56.0 Å². The topological polar surface area (TPSA) is 440 Å². The fraction of sp³-hybridized carbons (Fsp3) is 0.420. The maximum atomic E-state index is 15.8. The normalized spacial score (nSPS) is 24.1. The summed E-state index contributed by atoms with van der Waals surface area (Å²) in [6.45, 7) is 12.1. The highest BCUT2D eigenvalue weighted by Gasteiger charge is 2.50. The van der Waals surface area contributed by atoms with Crippen LogP contribution < -0.4 is 37.2 Å². The average Bonchev–Trinajstić information content (AvgIpc) is 1.58. The minimum atomic E-state index is -1.90. The zero-order valence-electron chi connectivity index (χ0n) is 59.4. The Kier molecular flexibility index (Phi) is 22.6. The van der Waals surface area contributed by atoms with Crippen LogP contribution >= 0.6 is 56.7 Å². The predicted octanol–water partition coefficient (Wildman–Crippen LogP) is 3.72. The number of thiazole rings is 5. The zero-order valence-corrected chi connectivity index (χ0v) is 63.5. The minimum absolute atomic E-state index is 0.00140. The van der Waals surface area contributed by atoms with Crippen molar-refractivity contribution in [2.75, 3.05) is 74.2 Å². The van der Waals surface area contributed by atoms with Crippen LogP contribution in [0.2, 0.25) is 0 Å². The Bertz CT molecular complexity index is 4880. The molecule has 0 unspecified atom stereocenters. The van der Waals surface area contributed by atoms with Crippen molar-refractivity contribution in [2.45, 2.75) is 114 Å². The van der Waals surface area contributed by atoms with Crippen molar-refractivity contribution >= 4 is 121 Å². The maximum absolute atomic E-state index is 15.8. The van der Waals surface area contributed by atoms with Crippen LogP contribution in [-0.4, -0.2) is 235 Å². The van der Waals surface area contributed by atoms with Gasteiger partial charge in [-0.3, -0.25) is 28.8 Å². The van der Waals surface area contributed by atoms with E-state index in [2.05, 4.69) is 65.0 Å². The van der Waals surface area contributed by atoms with Gasteiger partial charge in [0.05, 0.1) is 48.8 Å². The summed E-state index contributed by atoms with van der Waals surface area (Å²) in [6, 6.07) is 1.19. The van der Waals surface area contributed by atoms with Gasteiger partial charge in [-0.2, -0.15) is 4.73 Å². The molecule has 108 heavy (non-hydrogen) atoms. The van der Waals surface area contributed by atoms with Gasteiger partial charge < -0.3 is 95.6 Å². The number of aliphatic hydroxyl groups is 2. The standard InChI is InChI=1S/C69H76N16O18S5/c1-30(56(70)88)71-57(89)39-27-107-65(76-39)50-44(87)20-35-49(78-50)38-25-105-63(73-38)37-24-100-67(94)52-36-23-98-53(54(103-45-21-69(5,96)55(82(6)7)33(4)102-45)68(95)99-22-34-12-10-13-43(46(34)36)85(52)101-19-11-14-84-17-15-83(8)16-18-84)51(66-77-40(28-108-66)58(90)72-37)81-60(92)42-29-106-64(75-42)48(32(3)97-9)80-61(93)47(31(2)86)79-59(91)41-26-104-62(35)74-41/h10,12-13,20,25-29,31,33,37,45,47,51,53-55,86-87,96H,1,11,14-19,21-24H2,2-9H3,(H2,70,88)(H,71,89)(H,72,90)(H,79,91)(H,80,93)(H,81,92)/b48-32+/t31-,33+,37+,45+,47+,51+,53+,54+,55-,69+/m1/s1. The van der Waals surface area contributed by atoms with E-state index < -0.39 is 139 Å². The van der Waals surface area contributed by atoms with Crippen LogP contribution in [0.15, 0.2) is 69.2 Å². The van der Waals surface area contributed by atoms with Gasteiger partial charge in [-0.15, -0.1) is 56.7 Å². The van der Waals surface area contributed by atoms with Gasteiger partial charge in [0.2, 0.25) is 5.91 Å². The number of aliphatic hydroxyl groups excluding tert-OH is 1. The molecule has 0 saturated carbocycles. The molecule has 7 aromatic heterocycles. The van der Waals surface area contributed by atoms with Gasteiger partial charge in [-0.25, -0.2) is 39.5 Å². The molecule has 10 atom stereocenters. The van der Waals surface area contributed by atoms with Crippen molar-refractivity contribution < 1.29 is 86.9 Å². The molecule has 13 rings (SSSR count). The Balaban J connectivity index is 0.994. The Hall–Kier alpha value is -9.62. The van der Waals surface area contributed by atoms with Gasteiger partial charge >= 0.3 is 11.9 Å². The number of nitrogens with one attached hydrogen (secondary N) is 5. The van der Waals surface area contributed by atoms with E-state index >= 15 is 19.2 Å². The molecule has 2 saturated heterocycles. The first-order valence-electron chi connectivity index (χ1n) is 34.0. The molecular weight excluding hydrogens is 1500 g/mol. The molecule has 6 amide bonds. The highest BCUT2D eigenvalue weighted by atomic mass is 32.1. The van der Waals surface area contributed by atoms with Gasteiger partial charge in [0, 0.05) is 82.6 Å². The fourth-order valence-corrected chi connectivity index (χ4v) is 17.5. The number of benzene rings is 1. The van der Waals surface area contributed by atoms with Crippen LogP contribution in [0.4, 0.5) is 0 Å². The monoisotopic (exact) mass is 1580 g/mol. The molecule has 34 nitrogen and oxygen atoms in total. The molecule has 12 bridgehead atoms. The molecular formula is C69H76N16O18S5. The molecule has 570 valence electrons. The summed E-state index contributed by atoms with van der Waals surface area (Å²) >= 11 is 4.60. The number of ether oxygens (including phenoxy) is 6. The van der Waals surface area contributed by atoms with Crippen LogP contribution in [0.1, 0.15) is 131 Å². The van der Waals surface area contributed by atoms with Gasteiger partial charge in [0.25, 0.3) is 29.5 Å². The second-order valence-corrected chi connectivity index (χ2v) is 31.0. The number of allylic oxidation sites excluding steroid dienone is 1. The molecule has 5 aliphatic heterocycles. The number of carbonyl (C=O) groups excluding carboxylic acids is 8. The van der Waals surface area contributed by atoms with Crippen LogP contribution in [0.5, 0.6) is 5.75 Å². The van der Waals surface area contributed by atoms with E-state index in [4.69, 9.17) is 53.9 Å². The van der Waals surface area contributed by atoms with Gasteiger partial charge in [-0.05, 0) is 73.0 Å². The second-order valence-electron chi connectivity index (χ2n) is 26.6. The zero-order chi connectivity index (χ0) is 76.7. The van der Waals surface area contributed by atoms with E-state index in [9.17, 15) is 34.5 Å². The number of aromatic nitrogens is 7. The third-order valence-electron chi connectivity index (χ3n) is 18.7. The van der Waals surface area contributed by atoms with Crippen molar-refractivity contribution in [3.05, 3.63) is 124 Å². The van der Waals surface area contributed by atoms with Crippen molar-refractivity contribution in [3.63, 3.8) is 0 Å². The van der Waals surface area contributed by atoms with E-state index in [0.29, 0.717) is 29.4 Å². The number of methoxy groups -OCH3 is 1. The lowest BCUT2D eigenvalue weighted by atomic mass is 9.85. The number of pyridine rings is 1. The van der Waals surface area contributed by atoms with Crippen LogP contribution in [0.3, 0.4) is 0 Å². The molecule has 1 aromatic carbocycles. The first-order valence-corrected chi connectivity index (χ1v) is 38.4. The number of esters is 2. The first kappa shape index (κ1) is 76.6. The van der Waals surface area contributed by atoms with Crippen molar-refractivity contribution in [3.8, 4) is 38.4 Å². The summed E-state index contributed by atoms with van der Waals surface area (Å²) in [6.07, 6.45) is -6.96. The molecule has 0 aliphatic carbocycles. The quantitative estimate of drug-likeness (QED) is 0.0324. The molecule has 0 spiro atoms. The number of piperazine rings is 1. The number of nitrogens with zero attached hydrogens (tertiary/aromatic N) is 10. The summed E-state index contributed by atoms with van der Waals surface area (Å²) in [5, 5.41) is 56.3. The van der Waals surface area contributed by atoms with Crippen molar-refractivity contribution in [1.82, 2.24) is 75.9 Å². The summed E-state index contributed by atoms with van der Waals surface area (Å²) in [7, 11) is 6.96. The number of rotatable bonds is 14. The van der Waals surface area contributed by atoms with E-state index in [1.165, 1.54) is 53.3 Å². The van der Waals surface area contributed by atoms with Crippen molar-refractivity contribution in [1.29, 1.82) is 0 Å². The third-order valence-corrected chi connectivity index (χ3v) is 23.2. The fourth-order valence-electron chi connectivity index (χ4n) is 13.4. The lowest BCUT2D eigenvalue weighted by Crippen LogP contribution is -2.62. The van der Waals surface area contributed by atoms with Crippen molar-refractivity contribution in [2.24, 2.45) is 5.73 Å². The van der Waals surface area contributed by atoms with Gasteiger partial charge in [-0.1, -0.05) is 18.7 Å². The van der Waals surface area contributed by atoms with Crippen LogP contribution in [0.25, 0.3) is 49.3 Å². The number of primary amides is 1. The number of hydrogen-bond acceptors (Lipinski definition) is 32. The molecule has 12 heterocycles. The number of likely N-dealkylation sites (N-methyl/N-ethyl adjacent to an activating group) is 2. The number of carbonyl (C=O) groups is 8. The van der Waals surface area contributed by atoms with E-state index in [0.717, 1.165) is 82.9 Å². The SMILES string of the molecule is C=C(NC(=O)c1csc(-c2nc3c(cc2O)-c2nc(cs2)C(=O)N[C@@H]([C@@H](C)O)C(=O)N/C(=C(\C)OC)c2nc(cs2)C(=O)N[C@@H]2c4nc(cs4)C(=O)N[C@@H](COC(=O)c4c5c6c(cccc6n4OCCCN4CCN(C)CC4)COC(=O)[C@@H](O[C@H]4C[C@](C)(O)[C@H](N(C)C)[C@H](C)O4)[C@H]2OC5)c2nc-3cs2)n1)C(N)=O. The lowest BCUT2D eigenvalue weighted by Gasteiger charge is -2.48. The smallest absolute Gasteiger partial charge is 0.358 e. The number of amides is 6. The lowest BCUT2D eigenvalue weighted by molar-refractivity contribution is -0.280. The minimum Gasteiger partial charge on any atom is -0.506 e. The first-order chi connectivity index (χ1) is 51.6. The molecule has 2 fully saturated rings. The maximum Gasteiger partial charge on any atom is 0.358 e. The molecule has 5 aliphatic rings. The predicted molar refractivity (Wildman–Crippen MR) is 393 cm³/mol. The van der Waals surface area contributed by atoms with E-state index in [1.54, 1.807) is 51.5 Å². The second kappa shape index (κ2) is 31.9. The highest BCUT2D eigenvalue weighted by Crippen LogP contribution is 2.43. The number of hydrogen-bond donors (Lipinski definition) is 9. The van der Waals surface area contributed by atoms with Crippen LogP contribution in [0, 0.1) is 0 Å². The summed E-state index contributed by atoms with van der Waals surface area (Å²) in [5.74, 6) is -7.95. The highest BCUT2D eigenvalue weighted by molar-refractivity contribution is 7.14. The van der Waals surface area contributed by atoms with E-state index in [1.807, 2.05) is 4.90 Å². The third kappa shape index (κ3) is 16.0. The summed E-state index contributed by atoms with van der Waals surface area (Å²) < 4.78 is 40.1. The summed E-state index contributed by atoms with van der Waals surface area (Å²) in [4.78, 5) is 157. The Labute approximate surface area is 636 Å². The molecule has 10 N–H and O–H groups in total. The molecule has 0 radical (unpaired) electrons.